The smallest absolute Gasteiger partial charge is 0.509 e. The Morgan fingerprint density at radius 1 is 0.766 bits per heavy atom. The Kier molecular flexibility index (Phi) is 9.45. The van der Waals surface area contributed by atoms with E-state index < -0.39 is 0 Å². The largest absolute Gasteiger partial charge is 2.00 e. The van der Waals surface area contributed by atoms with E-state index in [-0.39, 0.29) is 20.4 Å². The maximum atomic E-state index is 6.48. The van der Waals surface area contributed by atoms with E-state index in [2.05, 4.69) is 117 Å². The number of unbranched alkanes of at least 4 members (excludes halogenated alkanes) is 1. The van der Waals surface area contributed by atoms with Crippen molar-refractivity contribution in [2.45, 2.75) is 60.3 Å². The van der Waals surface area contributed by atoms with Gasteiger partial charge in [-0.25, -0.2) is 4.98 Å². The third-order valence-corrected chi connectivity index (χ3v) is 8.77. The second-order valence-corrected chi connectivity index (χ2v) is 12.0. The van der Waals surface area contributed by atoms with Crippen molar-refractivity contribution in [2.75, 3.05) is 0 Å². The molecule has 47 heavy (non-hydrogen) atoms. The van der Waals surface area contributed by atoms with Crippen molar-refractivity contribution in [3.8, 4) is 34.1 Å². The number of benzene rings is 4. The molecule has 0 aliphatic carbocycles. The number of hydrogen-bond acceptors (Lipinski definition) is 3. The van der Waals surface area contributed by atoms with Crippen LogP contribution in [0.2, 0.25) is 0 Å². The first-order chi connectivity index (χ1) is 22.5. The Labute approximate surface area is 290 Å². The van der Waals surface area contributed by atoms with Gasteiger partial charge >= 0.3 is 20.4 Å². The molecule has 6 heteroatoms. The number of ether oxygens (including phenoxy) is 1. The molecule has 7 aromatic rings. The van der Waals surface area contributed by atoms with Crippen molar-refractivity contribution in [3.63, 3.8) is 0 Å². The number of nitrogens with zero attached hydrogens (tertiary/aromatic N) is 4. The second-order valence-electron chi connectivity index (χ2n) is 12.0. The molecule has 0 fully saturated rings. The van der Waals surface area contributed by atoms with E-state index in [0.717, 1.165) is 70.3 Å². The summed E-state index contributed by atoms with van der Waals surface area (Å²) >= 11 is 0. The number of aryl methyl sites for hydroxylation is 4. The molecule has 0 aliphatic heterocycles. The molecule has 4 aromatic carbocycles. The molecule has 0 spiro atoms. The third-order valence-electron chi connectivity index (χ3n) is 8.77. The molecule has 238 valence electrons. The van der Waals surface area contributed by atoms with Crippen LogP contribution in [0.15, 0.2) is 91.1 Å². The number of hydrogen-bond donors (Lipinski definition) is 0. The van der Waals surface area contributed by atoms with E-state index in [0.29, 0.717) is 11.5 Å². The SMILES string of the molecule is CCCCc1c(-c2c(C)cccc2C)c(CC)nn1-c1[c-]c(Oc2[c-]c3c(cc2)c2ccccc2n3-c2cc(C)ccn2)ccc1.[Pd+2]. The fourth-order valence-electron chi connectivity index (χ4n) is 6.57. The molecular weight excluding hydrogens is 671 g/mol. The van der Waals surface area contributed by atoms with Gasteiger partial charge in [-0.3, -0.25) is 4.68 Å². The van der Waals surface area contributed by atoms with Gasteiger partial charge < -0.3 is 9.30 Å². The molecule has 7 rings (SSSR count). The van der Waals surface area contributed by atoms with Gasteiger partial charge in [0.2, 0.25) is 0 Å². The average molecular weight is 709 g/mol. The van der Waals surface area contributed by atoms with Crippen LogP contribution in [0, 0.1) is 32.9 Å². The summed E-state index contributed by atoms with van der Waals surface area (Å²) in [5, 5.41) is 7.45. The topological polar surface area (TPSA) is 44.9 Å². The molecule has 3 heterocycles. The zero-order chi connectivity index (χ0) is 31.8. The molecular formula is C41H38N4OPd. The quantitative estimate of drug-likeness (QED) is 0.111. The van der Waals surface area contributed by atoms with Gasteiger partial charge in [0.25, 0.3) is 0 Å². The van der Waals surface area contributed by atoms with E-state index in [1.807, 2.05) is 30.5 Å². The van der Waals surface area contributed by atoms with Crippen LogP contribution in [0.5, 0.6) is 11.5 Å². The van der Waals surface area contributed by atoms with Crippen LogP contribution < -0.4 is 4.74 Å². The molecule has 0 aliphatic rings. The number of pyridine rings is 1. The first kappa shape index (κ1) is 32.4. The normalized spacial score (nSPS) is 11.3. The van der Waals surface area contributed by atoms with Crippen LogP contribution in [0.4, 0.5) is 0 Å². The van der Waals surface area contributed by atoms with Gasteiger partial charge in [0.1, 0.15) is 5.82 Å². The monoisotopic (exact) mass is 708 g/mol. The summed E-state index contributed by atoms with van der Waals surface area (Å²) in [6, 6.07) is 36.3. The van der Waals surface area contributed by atoms with Crippen LogP contribution in [0.3, 0.4) is 0 Å². The van der Waals surface area contributed by atoms with Crippen LogP contribution >= 0.6 is 0 Å². The molecule has 0 amide bonds. The van der Waals surface area contributed by atoms with Crippen LogP contribution in [0.25, 0.3) is 44.4 Å². The molecule has 0 bridgehead atoms. The molecule has 3 aromatic heterocycles. The number of rotatable bonds is 9. The van der Waals surface area contributed by atoms with Crippen molar-refractivity contribution in [1.29, 1.82) is 0 Å². The van der Waals surface area contributed by atoms with E-state index in [4.69, 9.17) is 14.8 Å². The fourth-order valence-corrected chi connectivity index (χ4v) is 6.57. The molecule has 0 atom stereocenters. The van der Waals surface area contributed by atoms with E-state index >= 15 is 0 Å². The summed E-state index contributed by atoms with van der Waals surface area (Å²) in [5.41, 5.74) is 11.5. The maximum absolute atomic E-state index is 6.48. The number of fused-ring (bicyclic) bond motifs is 3. The average Bonchev–Trinajstić information content (AvgIpc) is 3.59. The summed E-state index contributed by atoms with van der Waals surface area (Å²) in [6.07, 6.45) is 5.84. The number of para-hydroxylation sites is 1. The molecule has 0 saturated heterocycles. The summed E-state index contributed by atoms with van der Waals surface area (Å²) in [6.45, 7) is 10.9. The zero-order valence-corrected chi connectivity index (χ0v) is 29.1. The van der Waals surface area contributed by atoms with Gasteiger partial charge in [0, 0.05) is 34.5 Å². The summed E-state index contributed by atoms with van der Waals surface area (Å²) in [7, 11) is 0. The van der Waals surface area contributed by atoms with Gasteiger partial charge in [-0.15, -0.1) is 35.7 Å². The number of aromatic nitrogens is 4. The van der Waals surface area contributed by atoms with Crippen molar-refractivity contribution in [2.24, 2.45) is 0 Å². The second kappa shape index (κ2) is 13.7. The minimum atomic E-state index is 0. The Hall–Kier alpha value is -4.50. The maximum Gasteiger partial charge on any atom is 2.00 e. The van der Waals surface area contributed by atoms with Crippen LogP contribution in [0.1, 0.15) is 54.8 Å². The van der Waals surface area contributed by atoms with E-state index in [1.54, 1.807) is 0 Å². The van der Waals surface area contributed by atoms with Gasteiger partial charge in [-0.1, -0.05) is 62.2 Å². The van der Waals surface area contributed by atoms with Crippen LogP contribution in [-0.4, -0.2) is 19.3 Å². The molecule has 5 nitrogen and oxygen atoms in total. The van der Waals surface area contributed by atoms with Crippen molar-refractivity contribution in [1.82, 2.24) is 19.3 Å². The summed E-state index contributed by atoms with van der Waals surface area (Å²) in [5.74, 6) is 2.10. The summed E-state index contributed by atoms with van der Waals surface area (Å²) < 4.78 is 10.7. The Morgan fingerprint density at radius 3 is 2.30 bits per heavy atom. The molecule has 0 N–H and O–H groups in total. The van der Waals surface area contributed by atoms with Gasteiger partial charge in [0.05, 0.1) is 5.69 Å². The molecule has 0 radical (unpaired) electrons. The molecule has 0 unspecified atom stereocenters. The third kappa shape index (κ3) is 6.05. The first-order valence-electron chi connectivity index (χ1n) is 16.2. The van der Waals surface area contributed by atoms with Gasteiger partial charge in [0.15, 0.2) is 0 Å². The predicted molar refractivity (Wildman–Crippen MR) is 188 cm³/mol. The first-order valence-corrected chi connectivity index (χ1v) is 16.2. The Morgan fingerprint density at radius 2 is 1.53 bits per heavy atom. The standard InChI is InChI=1S/C41H38N4O.Pd/c1-6-8-18-37-41(40-28(4)13-11-14-29(40)5)35(7-2)43-45(37)30-15-12-16-31(25-30)46-32-20-21-34-33-17-9-10-19-36(33)44(38(34)26-32)39-24-27(3)22-23-42-39;/h9-17,19-24H,6-8,18H2,1-5H3;/q-2;+2. The van der Waals surface area contributed by atoms with Crippen molar-refractivity contribution < 1.29 is 25.2 Å². The van der Waals surface area contributed by atoms with E-state index in [1.165, 1.54) is 27.9 Å². The van der Waals surface area contributed by atoms with E-state index in [9.17, 15) is 0 Å². The van der Waals surface area contributed by atoms with Crippen LogP contribution in [-0.2, 0) is 33.3 Å². The Balaban J connectivity index is 0.00000386. The minimum absolute atomic E-state index is 0. The fraction of sp³-hybridized carbons (Fsp3) is 0.220. The van der Waals surface area contributed by atoms with Gasteiger partial charge in [-0.05, 0) is 91.6 Å². The predicted octanol–water partition coefficient (Wildman–Crippen LogP) is 10.3. The van der Waals surface area contributed by atoms with Crippen molar-refractivity contribution >= 4 is 21.8 Å². The van der Waals surface area contributed by atoms with Crippen molar-refractivity contribution in [3.05, 3.63) is 131 Å². The zero-order valence-electron chi connectivity index (χ0n) is 27.5. The van der Waals surface area contributed by atoms with Gasteiger partial charge in [-0.2, -0.15) is 17.2 Å². The summed E-state index contributed by atoms with van der Waals surface area (Å²) in [4.78, 5) is 4.71. The minimum Gasteiger partial charge on any atom is -0.509 e. The molecule has 0 saturated carbocycles. The Bertz CT molecular complexity index is 2190.